The van der Waals surface area contributed by atoms with E-state index in [1.54, 1.807) is 0 Å². The van der Waals surface area contributed by atoms with Crippen LogP contribution in [0.5, 0.6) is 0 Å². The Morgan fingerprint density at radius 1 is 1.43 bits per heavy atom. The average molecular weight is 347 g/mol. The SMILES string of the molecule is C[C@@H](O)[C@@](Cn1cncn1)(OS(C)(=O)=O)c1ccc(F)cc1F. The maximum Gasteiger partial charge on any atom is 0.265 e. The predicted octanol–water partition coefficient (Wildman–Crippen LogP) is 0.809. The molecule has 7 nitrogen and oxygen atoms in total. The minimum Gasteiger partial charge on any atom is -0.390 e. The Morgan fingerprint density at radius 2 is 2.13 bits per heavy atom. The summed E-state index contributed by atoms with van der Waals surface area (Å²) in [5, 5.41) is 14.0. The lowest BCUT2D eigenvalue weighted by atomic mass is 9.88. The van der Waals surface area contributed by atoms with E-state index in [4.69, 9.17) is 4.18 Å². The normalized spacial score (nSPS) is 16.0. The summed E-state index contributed by atoms with van der Waals surface area (Å²) in [6, 6.07) is 2.56. The molecule has 126 valence electrons. The molecule has 0 spiro atoms. The molecule has 0 aliphatic heterocycles. The van der Waals surface area contributed by atoms with Crippen LogP contribution in [-0.4, -0.2) is 40.6 Å². The first kappa shape index (κ1) is 17.4. The molecule has 1 heterocycles. The highest BCUT2D eigenvalue weighted by Crippen LogP contribution is 2.35. The van der Waals surface area contributed by atoms with Gasteiger partial charge in [0.1, 0.15) is 24.3 Å². The number of aromatic nitrogens is 3. The standard InChI is InChI=1S/C13H15F2N3O4S/c1-9(19)13(22-23(2,20)21,6-18-8-16-7-17-18)11-4-3-10(14)5-12(11)15/h3-5,7-9,19H,6H2,1-2H3/t9-,13-/m1/s1. The van der Waals surface area contributed by atoms with Crippen molar-refractivity contribution >= 4 is 10.1 Å². The van der Waals surface area contributed by atoms with E-state index in [0.717, 1.165) is 18.4 Å². The summed E-state index contributed by atoms with van der Waals surface area (Å²) in [4.78, 5) is 3.70. The molecule has 1 aromatic carbocycles. The fourth-order valence-corrected chi connectivity index (χ4v) is 3.06. The number of nitrogens with zero attached hydrogens (tertiary/aromatic N) is 3. The van der Waals surface area contributed by atoms with Gasteiger partial charge in [0.25, 0.3) is 10.1 Å². The van der Waals surface area contributed by atoms with E-state index < -0.39 is 33.5 Å². The number of aliphatic hydroxyl groups is 1. The van der Waals surface area contributed by atoms with Crippen LogP contribution < -0.4 is 0 Å². The zero-order valence-corrected chi connectivity index (χ0v) is 13.2. The van der Waals surface area contributed by atoms with Crippen molar-refractivity contribution in [1.29, 1.82) is 0 Å². The summed E-state index contributed by atoms with van der Waals surface area (Å²) in [5.41, 5.74) is -2.34. The van der Waals surface area contributed by atoms with E-state index >= 15 is 0 Å². The Labute approximate surface area is 131 Å². The van der Waals surface area contributed by atoms with Crippen molar-refractivity contribution < 1.29 is 26.5 Å². The maximum atomic E-state index is 14.2. The van der Waals surface area contributed by atoms with Crippen LogP contribution in [0.1, 0.15) is 12.5 Å². The van der Waals surface area contributed by atoms with Gasteiger partial charge in [-0.1, -0.05) is 6.07 Å². The zero-order chi connectivity index (χ0) is 17.3. The first-order chi connectivity index (χ1) is 10.6. The van der Waals surface area contributed by atoms with E-state index in [9.17, 15) is 22.3 Å². The minimum atomic E-state index is -4.09. The highest BCUT2D eigenvalue weighted by molar-refractivity contribution is 7.86. The van der Waals surface area contributed by atoms with E-state index in [-0.39, 0.29) is 12.1 Å². The van der Waals surface area contributed by atoms with E-state index in [1.807, 2.05) is 0 Å². The van der Waals surface area contributed by atoms with Crippen molar-refractivity contribution in [3.05, 3.63) is 48.1 Å². The van der Waals surface area contributed by atoms with Crippen LogP contribution in [0.2, 0.25) is 0 Å². The van der Waals surface area contributed by atoms with Gasteiger partial charge in [0.15, 0.2) is 5.60 Å². The number of halogens is 2. The van der Waals surface area contributed by atoms with Crippen LogP contribution in [0.3, 0.4) is 0 Å². The van der Waals surface area contributed by atoms with Crippen LogP contribution in [-0.2, 0) is 26.4 Å². The van der Waals surface area contributed by atoms with Crippen LogP contribution in [0, 0.1) is 11.6 Å². The Balaban J connectivity index is 2.64. The van der Waals surface area contributed by atoms with Crippen LogP contribution in [0.15, 0.2) is 30.9 Å². The fraction of sp³-hybridized carbons (Fsp3) is 0.385. The van der Waals surface area contributed by atoms with Gasteiger partial charge < -0.3 is 5.11 Å². The number of aliphatic hydroxyl groups excluding tert-OH is 1. The second-order valence-corrected chi connectivity index (χ2v) is 6.65. The van der Waals surface area contributed by atoms with Crippen molar-refractivity contribution in [2.75, 3.05) is 6.26 Å². The molecule has 0 saturated carbocycles. The van der Waals surface area contributed by atoms with Gasteiger partial charge in [0, 0.05) is 11.6 Å². The Kier molecular flexibility index (Phi) is 4.78. The molecule has 2 rings (SSSR count). The molecule has 23 heavy (non-hydrogen) atoms. The van der Waals surface area contributed by atoms with Gasteiger partial charge in [-0.15, -0.1) is 0 Å². The highest BCUT2D eigenvalue weighted by Gasteiger charge is 2.45. The third-order valence-corrected chi connectivity index (χ3v) is 3.83. The van der Waals surface area contributed by atoms with E-state index in [1.165, 1.54) is 24.3 Å². The highest BCUT2D eigenvalue weighted by atomic mass is 32.2. The quantitative estimate of drug-likeness (QED) is 0.777. The summed E-state index contributed by atoms with van der Waals surface area (Å²) in [7, 11) is -4.09. The molecule has 0 saturated heterocycles. The van der Waals surface area contributed by atoms with Gasteiger partial charge in [-0.2, -0.15) is 13.5 Å². The molecule has 10 heteroatoms. The van der Waals surface area contributed by atoms with Crippen molar-refractivity contribution in [2.45, 2.75) is 25.2 Å². The maximum absolute atomic E-state index is 14.2. The number of rotatable bonds is 6. The first-order valence-corrected chi connectivity index (χ1v) is 8.32. The van der Waals surface area contributed by atoms with Gasteiger partial charge in [-0.05, 0) is 13.0 Å². The lowest BCUT2D eigenvalue weighted by molar-refractivity contribution is -0.0617. The summed E-state index contributed by atoms with van der Waals surface area (Å²) in [6.07, 6.45) is 1.76. The Morgan fingerprint density at radius 3 is 2.61 bits per heavy atom. The molecule has 1 N–H and O–H groups in total. The molecule has 2 atom stereocenters. The summed E-state index contributed by atoms with van der Waals surface area (Å²) in [5.74, 6) is -1.89. The zero-order valence-electron chi connectivity index (χ0n) is 12.3. The van der Waals surface area contributed by atoms with Crippen LogP contribution in [0.4, 0.5) is 8.78 Å². The molecule has 0 fully saturated rings. The van der Waals surface area contributed by atoms with Crippen molar-refractivity contribution in [1.82, 2.24) is 14.8 Å². The fourth-order valence-electron chi connectivity index (χ4n) is 2.24. The third-order valence-electron chi connectivity index (χ3n) is 3.23. The van der Waals surface area contributed by atoms with Crippen LogP contribution >= 0.6 is 0 Å². The minimum absolute atomic E-state index is 0.310. The lowest BCUT2D eigenvalue weighted by Gasteiger charge is -2.35. The molecular formula is C13H15F2N3O4S. The molecule has 0 aliphatic carbocycles. The monoisotopic (exact) mass is 347 g/mol. The molecule has 0 amide bonds. The molecule has 1 aromatic heterocycles. The molecule has 0 radical (unpaired) electrons. The van der Waals surface area contributed by atoms with Crippen molar-refractivity contribution in [3.63, 3.8) is 0 Å². The van der Waals surface area contributed by atoms with Gasteiger partial charge in [0.05, 0.1) is 18.9 Å². The number of hydrogen-bond donors (Lipinski definition) is 1. The Hall–Kier alpha value is -1.91. The molecule has 2 aromatic rings. The predicted molar refractivity (Wildman–Crippen MR) is 75.7 cm³/mol. The van der Waals surface area contributed by atoms with E-state index in [0.29, 0.717) is 6.07 Å². The average Bonchev–Trinajstić information content (AvgIpc) is 2.88. The second-order valence-electron chi connectivity index (χ2n) is 5.07. The third kappa shape index (κ3) is 3.89. The van der Waals surface area contributed by atoms with Gasteiger partial charge >= 0.3 is 0 Å². The molecular weight excluding hydrogens is 332 g/mol. The summed E-state index contributed by atoms with van der Waals surface area (Å²) in [6.45, 7) is 0.894. The van der Waals surface area contributed by atoms with Gasteiger partial charge in [-0.3, -0.25) is 4.18 Å². The first-order valence-electron chi connectivity index (χ1n) is 6.51. The van der Waals surface area contributed by atoms with Crippen LogP contribution in [0.25, 0.3) is 0 Å². The number of benzene rings is 1. The topological polar surface area (TPSA) is 94.3 Å². The van der Waals surface area contributed by atoms with Crippen molar-refractivity contribution in [3.8, 4) is 0 Å². The smallest absolute Gasteiger partial charge is 0.265 e. The Bertz CT molecular complexity index is 781. The number of hydrogen-bond acceptors (Lipinski definition) is 6. The summed E-state index contributed by atoms with van der Waals surface area (Å²) >= 11 is 0. The van der Waals surface area contributed by atoms with Gasteiger partial charge in [0.2, 0.25) is 0 Å². The molecule has 0 aliphatic rings. The van der Waals surface area contributed by atoms with E-state index in [2.05, 4.69) is 10.1 Å². The lowest BCUT2D eigenvalue weighted by Crippen LogP contribution is -2.46. The molecule has 0 unspecified atom stereocenters. The largest absolute Gasteiger partial charge is 0.390 e. The van der Waals surface area contributed by atoms with Crippen molar-refractivity contribution in [2.24, 2.45) is 0 Å². The second kappa shape index (κ2) is 6.30. The molecule has 0 bridgehead atoms. The summed E-state index contributed by atoms with van der Waals surface area (Å²) < 4.78 is 56.9. The van der Waals surface area contributed by atoms with Gasteiger partial charge in [-0.25, -0.2) is 18.4 Å².